The average Bonchev–Trinajstić information content (AvgIpc) is 2.66. The third-order valence-electron chi connectivity index (χ3n) is 4.72. The molecule has 0 amide bonds. The highest BCUT2D eigenvalue weighted by atomic mass is 79.9. The van der Waals surface area contributed by atoms with E-state index in [2.05, 4.69) is 75.5 Å². The van der Waals surface area contributed by atoms with Crippen LogP contribution in [0.4, 0.5) is 5.69 Å². The van der Waals surface area contributed by atoms with E-state index in [4.69, 9.17) is 0 Å². The number of hydrogen-bond donors (Lipinski definition) is 0. The molecule has 0 aliphatic rings. The molecule has 0 N–H and O–H groups in total. The molecule has 0 radical (unpaired) electrons. The van der Waals surface area contributed by atoms with Gasteiger partial charge in [0.2, 0.25) is 0 Å². The van der Waals surface area contributed by atoms with Crippen molar-refractivity contribution in [3.05, 3.63) is 88.9 Å². The van der Waals surface area contributed by atoms with Crippen molar-refractivity contribution in [2.45, 2.75) is 0 Å². The molecule has 0 spiro atoms. The van der Waals surface area contributed by atoms with Crippen LogP contribution < -0.4 is 0 Å². The van der Waals surface area contributed by atoms with Crippen molar-refractivity contribution in [2.24, 2.45) is 4.99 Å². The minimum absolute atomic E-state index is 0.952. The number of nitrogens with zero attached hydrogens (tertiary/aromatic N) is 1. The second-order valence-electron chi connectivity index (χ2n) is 6.25. The van der Waals surface area contributed by atoms with Crippen LogP contribution in [0.2, 0.25) is 0 Å². The summed E-state index contributed by atoms with van der Waals surface area (Å²) in [4.78, 5) is 4.68. The van der Waals surface area contributed by atoms with Gasteiger partial charge in [-0.15, -0.1) is 0 Å². The summed E-state index contributed by atoms with van der Waals surface area (Å²) in [5.74, 6) is 0. The Kier molecular flexibility index (Phi) is 3.32. The summed E-state index contributed by atoms with van der Waals surface area (Å²) in [6.07, 6.45) is 1.98. The highest BCUT2D eigenvalue weighted by Crippen LogP contribution is 2.36. The van der Waals surface area contributed by atoms with Crippen LogP contribution in [0.3, 0.4) is 0 Å². The lowest BCUT2D eigenvalue weighted by Crippen LogP contribution is -1.89. The molecule has 118 valence electrons. The number of aliphatic imine (C=N–C) groups is 1. The fraction of sp³-hybridized carbons (Fsp3) is 0. The summed E-state index contributed by atoms with van der Waals surface area (Å²) in [6, 6.07) is 27.7. The van der Waals surface area contributed by atoms with Crippen LogP contribution in [-0.2, 0) is 0 Å². The van der Waals surface area contributed by atoms with Crippen LogP contribution in [0, 0.1) is 0 Å². The predicted molar refractivity (Wildman–Crippen MR) is 112 cm³/mol. The van der Waals surface area contributed by atoms with E-state index in [1.807, 2.05) is 30.5 Å². The fourth-order valence-corrected chi connectivity index (χ4v) is 3.83. The van der Waals surface area contributed by atoms with E-state index in [1.54, 1.807) is 0 Å². The van der Waals surface area contributed by atoms with Gasteiger partial charge < -0.3 is 0 Å². The van der Waals surface area contributed by atoms with Gasteiger partial charge in [-0.2, -0.15) is 0 Å². The Morgan fingerprint density at radius 1 is 0.680 bits per heavy atom. The predicted octanol–water partition coefficient (Wildman–Crippen LogP) is 7.10. The molecule has 5 aromatic rings. The molecule has 5 aromatic carbocycles. The molecule has 0 aliphatic carbocycles. The van der Waals surface area contributed by atoms with Crippen LogP contribution in [0.15, 0.2) is 88.3 Å². The number of halogens is 1. The first kappa shape index (κ1) is 14.6. The second-order valence-corrected chi connectivity index (χ2v) is 7.16. The second kappa shape index (κ2) is 5.68. The highest BCUT2D eigenvalue weighted by Gasteiger charge is 2.10. The van der Waals surface area contributed by atoms with Crippen LogP contribution in [0.5, 0.6) is 0 Å². The molecule has 2 heteroatoms. The van der Waals surface area contributed by atoms with E-state index in [0.717, 1.165) is 15.7 Å². The smallest absolute Gasteiger partial charge is 0.0630 e. The monoisotopic (exact) mass is 383 g/mol. The molecule has 0 bridgehead atoms. The van der Waals surface area contributed by atoms with E-state index >= 15 is 0 Å². The quantitative estimate of drug-likeness (QED) is 0.227. The maximum absolute atomic E-state index is 4.68. The minimum atomic E-state index is 0.952. The van der Waals surface area contributed by atoms with Gasteiger partial charge in [0.1, 0.15) is 0 Å². The Labute approximate surface area is 154 Å². The SMILES string of the molecule is Brc1ccc(N=Cc2cc3cccc4ccc5cccc2c5c43)cc1. The number of benzene rings is 5. The van der Waals surface area contributed by atoms with Gasteiger partial charge in [-0.05, 0) is 62.6 Å². The molecule has 0 saturated carbocycles. The third-order valence-corrected chi connectivity index (χ3v) is 5.25. The van der Waals surface area contributed by atoms with Crippen LogP contribution in [0.1, 0.15) is 5.56 Å². The Bertz CT molecular complexity index is 1240. The summed E-state index contributed by atoms with van der Waals surface area (Å²) in [7, 11) is 0. The Morgan fingerprint density at radius 3 is 2.16 bits per heavy atom. The Hall–Kier alpha value is -2.71. The zero-order valence-electron chi connectivity index (χ0n) is 13.4. The molecule has 0 aromatic heterocycles. The van der Waals surface area contributed by atoms with Gasteiger partial charge in [-0.25, -0.2) is 0 Å². The van der Waals surface area contributed by atoms with Gasteiger partial charge in [0.05, 0.1) is 5.69 Å². The van der Waals surface area contributed by atoms with E-state index in [0.29, 0.717) is 0 Å². The molecular weight excluding hydrogens is 370 g/mol. The molecule has 0 atom stereocenters. The largest absolute Gasteiger partial charge is 0.256 e. The molecule has 1 nitrogen and oxygen atoms in total. The number of rotatable bonds is 2. The van der Waals surface area contributed by atoms with Gasteiger partial charge in [-0.1, -0.05) is 64.5 Å². The van der Waals surface area contributed by atoms with Crippen molar-refractivity contribution in [3.8, 4) is 0 Å². The van der Waals surface area contributed by atoms with Crippen molar-refractivity contribution >= 4 is 60.1 Å². The Morgan fingerprint density at radius 2 is 1.36 bits per heavy atom. The van der Waals surface area contributed by atoms with Gasteiger partial charge in [0.25, 0.3) is 0 Å². The molecule has 25 heavy (non-hydrogen) atoms. The average molecular weight is 384 g/mol. The molecule has 0 unspecified atom stereocenters. The molecule has 5 rings (SSSR count). The van der Waals surface area contributed by atoms with Gasteiger partial charge in [0, 0.05) is 16.3 Å². The zero-order valence-corrected chi connectivity index (χ0v) is 15.0. The lowest BCUT2D eigenvalue weighted by molar-refractivity contribution is 1.52. The third kappa shape index (κ3) is 2.41. The van der Waals surface area contributed by atoms with E-state index < -0.39 is 0 Å². The van der Waals surface area contributed by atoms with Crippen LogP contribution in [-0.4, -0.2) is 6.21 Å². The minimum Gasteiger partial charge on any atom is -0.256 e. The fourth-order valence-electron chi connectivity index (χ4n) is 3.57. The molecule has 0 saturated heterocycles. The first-order valence-electron chi connectivity index (χ1n) is 8.26. The summed E-state index contributed by atoms with van der Waals surface area (Å²) < 4.78 is 1.06. The van der Waals surface area contributed by atoms with Crippen LogP contribution >= 0.6 is 15.9 Å². The first-order chi connectivity index (χ1) is 12.3. The molecule has 0 aliphatic heterocycles. The normalized spacial score (nSPS) is 12.0. The van der Waals surface area contributed by atoms with Crippen molar-refractivity contribution in [1.82, 2.24) is 0 Å². The van der Waals surface area contributed by atoms with E-state index in [1.165, 1.54) is 32.3 Å². The topological polar surface area (TPSA) is 12.4 Å². The summed E-state index contributed by atoms with van der Waals surface area (Å²) in [6.45, 7) is 0. The standard InChI is InChI=1S/C23H14BrN/c24-19-9-11-20(12-10-19)25-14-18-13-17-5-1-3-15-7-8-16-4-2-6-21(18)23(16)22(15)17/h1-14H. The van der Waals surface area contributed by atoms with Gasteiger partial charge >= 0.3 is 0 Å². The molecule has 0 heterocycles. The molecular formula is C23H14BrN. The van der Waals surface area contributed by atoms with Crippen molar-refractivity contribution in [1.29, 1.82) is 0 Å². The summed E-state index contributed by atoms with van der Waals surface area (Å²) >= 11 is 3.46. The van der Waals surface area contributed by atoms with E-state index in [-0.39, 0.29) is 0 Å². The lowest BCUT2D eigenvalue weighted by atomic mass is 9.92. The Balaban J connectivity index is 1.78. The van der Waals surface area contributed by atoms with Crippen molar-refractivity contribution in [3.63, 3.8) is 0 Å². The van der Waals surface area contributed by atoms with Gasteiger partial charge in [-0.3, -0.25) is 4.99 Å². The van der Waals surface area contributed by atoms with E-state index in [9.17, 15) is 0 Å². The number of hydrogen-bond acceptors (Lipinski definition) is 1. The molecule has 0 fully saturated rings. The van der Waals surface area contributed by atoms with Gasteiger partial charge in [0.15, 0.2) is 0 Å². The first-order valence-corrected chi connectivity index (χ1v) is 9.05. The maximum atomic E-state index is 4.68. The maximum Gasteiger partial charge on any atom is 0.0630 e. The summed E-state index contributed by atoms with van der Waals surface area (Å²) in [5, 5.41) is 7.76. The van der Waals surface area contributed by atoms with Crippen molar-refractivity contribution < 1.29 is 0 Å². The van der Waals surface area contributed by atoms with Crippen LogP contribution in [0.25, 0.3) is 32.3 Å². The lowest BCUT2D eigenvalue weighted by Gasteiger charge is -2.12. The summed E-state index contributed by atoms with van der Waals surface area (Å²) in [5.41, 5.74) is 2.10. The highest BCUT2D eigenvalue weighted by molar-refractivity contribution is 9.10. The zero-order chi connectivity index (χ0) is 16.8. The van der Waals surface area contributed by atoms with Crippen molar-refractivity contribution in [2.75, 3.05) is 0 Å².